The summed E-state index contributed by atoms with van der Waals surface area (Å²) in [7, 11) is -3.97. The van der Waals surface area contributed by atoms with Crippen molar-refractivity contribution >= 4 is 38.9 Å². The molecule has 0 radical (unpaired) electrons. The van der Waals surface area contributed by atoms with Gasteiger partial charge in [0, 0.05) is 34.1 Å². The Hall–Kier alpha value is -2.33. The van der Waals surface area contributed by atoms with Gasteiger partial charge in [-0.25, -0.2) is 17.8 Å². The van der Waals surface area contributed by atoms with Gasteiger partial charge in [0.05, 0.1) is 12.2 Å². The number of sulfonamides is 1. The van der Waals surface area contributed by atoms with E-state index in [-0.39, 0.29) is 12.1 Å². The average Bonchev–Trinajstić information content (AvgIpc) is 3.43. The maximum absolute atomic E-state index is 14.3. The number of nitrogens with zero attached hydrogens (tertiary/aromatic N) is 2. The molecule has 10 heteroatoms. The van der Waals surface area contributed by atoms with Crippen LogP contribution in [0.5, 0.6) is 0 Å². The second kappa shape index (κ2) is 9.27. The number of nitrogens with one attached hydrogen (secondary N) is 1. The van der Waals surface area contributed by atoms with Crippen molar-refractivity contribution in [3.05, 3.63) is 68.8 Å². The number of thiazole rings is 1. The monoisotopic (exact) mass is 493 g/mol. The molecule has 0 unspecified atom stereocenters. The van der Waals surface area contributed by atoms with Crippen molar-refractivity contribution in [3.8, 4) is 11.3 Å². The summed E-state index contributed by atoms with van der Waals surface area (Å²) < 4.78 is 41.1. The van der Waals surface area contributed by atoms with E-state index in [9.17, 15) is 17.6 Å². The van der Waals surface area contributed by atoms with E-state index < -0.39 is 26.6 Å². The highest BCUT2D eigenvalue weighted by molar-refractivity contribution is 7.89. The Kier molecular flexibility index (Phi) is 6.62. The predicted molar refractivity (Wildman–Crippen MR) is 123 cm³/mol. The number of rotatable bonds is 6. The molecule has 0 saturated carbocycles. The molecule has 4 rings (SSSR count). The van der Waals surface area contributed by atoms with Crippen LogP contribution in [0.25, 0.3) is 11.3 Å². The first-order valence-electron chi connectivity index (χ1n) is 10.1. The molecule has 1 N–H and O–H groups in total. The lowest BCUT2D eigenvalue weighted by molar-refractivity contribution is 0.0950. The van der Waals surface area contributed by atoms with Gasteiger partial charge in [0.1, 0.15) is 15.7 Å². The number of aromatic nitrogens is 1. The maximum Gasteiger partial charge on any atom is 0.251 e. The van der Waals surface area contributed by atoms with Gasteiger partial charge in [0.15, 0.2) is 0 Å². The Morgan fingerprint density at radius 1 is 1.19 bits per heavy atom. The molecule has 168 valence electrons. The number of hydrogen-bond acceptors (Lipinski definition) is 5. The topological polar surface area (TPSA) is 79.4 Å². The summed E-state index contributed by atoms with van der Waals surface area (Å²) in [5, 5.41) is 4.08. The molecule has 3 aromatic rings. The number of carbonyl (C=O) groups excluding carboxylic acids is 1. The van der Waals surface area contributed by atoms with E-state index in [4.69, 9.17) is 11.6 Å². The molecule has 1 saturated heterocycles. The van der Waals surface area contributed by atoms with E-state index in [2.05, 4.69) is 10.3 Å². The molecule has 6 nitrogen and oxygen atoms in total. The highest BCUT2D eigenvalue weighted by Gasteiger charge is 2.30. The van der Waals surface area contributed by atoms with Crippen molar-refractivity contribution in [3.63, 3.8) is 0 Å². The number of aryl methyl sites for hydroxylation is 1. The van der Waals surface area contributed by atoms with Gasteiger partial charge in [0.2, 0.25) is 10.0 Å². The second-order valence-electron chi connectivity index (χ2n) is 7.46. The lowest BCUT2D eigenvalue weighted by Crippen LogP contribution is -2.29. The Bertz CT molecular complexity index is 1250. The molecule has 1 aliphatic rings. The van der Waals surface area contributed by atoms with Crippen molar-refractivity contribution in [2.45, 2.75) is 31.2 Å². The van der Waals surface area contributed by atoms with Crippen LogP contribution in [0, 0.1) is 12.7 Å². The van der Waals surface area contributed by atoms with Gasteiger partial charge < -0.3 is 5.32 Å². The van der Waals surface area contributed by atoms with Crippen LogP contribution in [0.2, 0.25) is 5.02 Å². The number of benzene rings is 2. The van der Waals surface area contributed by atoms with Crippen LogP contribution < -0.4 is 5.32 Å². The number of carbonyl (C=O) groups is 1. The fourth-order valence-corrected chi connectivity index (χ4v) is 6.20. The Labute approximate surface area is 195 Å². The molecule has 2 heterocycles. The summed E-state index contributed by atoms with van der Waals surface area (Å²) in [6.07, 6.45) is 1.48. The number of hydrogen-bond donors (Lipinski definition) is 1. The van der Waals surface area contributed by atoms with Crippen LogP contribution in [0.3, 0.4) is 0 Å². The Morgan fingerprint density at radius 3 is 2.56 bits per heavy atom. The fourth-order valence-electron chi connectivity index (χ4n) is 3.57. The van der Waals surface area contributed by atoms with Crippen molar-refractivity contribution in [1.82, 2.24) is 14.6 Å². The summed E-state index contributed by atoms with van der Waals surface area (Å²) in [6, 6.07) is 10.7. The standard InChI is InChI=1S/C22H21ClFN3O3S2/c1-14-21(15-4-7-17(23)8-5-15)26-20(31-14)13-25-22(28)16-6-9-18(24)19(12-16)32(29,30)27-10-2-3-11-27/h4-9,12H,2-3,10-11,13H2,1H3,(H,25,28). The first kappa shape index (κ1) is 22.8. The first-order valence-corrected chi connectivity index (χ1v) is 12.7. The summed E-state index contributed by atoms with van der Waals surface area (Å²) in [6.45, 7) is 2.83. The minimum absolute atomic E-state index is 0.0791. The van der Waals surface area contributed by atoms with Crippen LogP contribution in [-0.4, -0.2) is 36.7 Å². The first-order chi connectivity index (χ1) is 15.3. The van der Waals surface area contributed by atoms with E-state index in [1.165, 1.54) is 21.7 Å². The van der Waals surface area contributed by atoms with Crippen LogP contribution in [0.4, 0.5) is 4.39 Å². The van der Waals surface area contributed by atoms with Crippen LogP contribution in [-0.2, 0) is 16.6 Å². The molecule has 0 spiro atoms. The number of halogens is 2. The van der Waals surface area contributed by atoms with Crippen LogP contribution in [0.1, 0.15) is 33.1 Å². The molecule has 0 atom stereocenters. The molecular weight excluding hydrogens is 473 g/mol. The minimum Gasteiger partial charge on any atom is -0.346 e. The summed E-state index contributed by atoms with van der Waals surface area (Å²) in [5.74, 6) is -1.36. The van der Waals surface area contributed by atoms with Gasteiger partial charge >= 0.3 is 0 Å². The van der Waals surface area contributed by atoms with E-state index >= 15 is 0 Å². The van der Waals surface area contributed by atoms with Gasteiger partial charge in [-0.3, -0.25) is 4.79 Å². The highest BCUT2D eigenvalue weighted by atomic mass is 35.5. The van der Waals surface area contributed by atoms with Gasteiger partial charge in [0.25, 0.3) is 5.91 Å². The lowest BCUT2D eigenvalue weighted by Gasteiger charge is -2.16. The smallest absolute Gasteiger partial charge is 0.251 e. The molecule has 2 aromatic carbocycles. The van der Waals surface area contributed by atoms with Crippen molar-refractivity contribution in [2.24, 2.45) is 0 Å². The van der Waals surface area contributed by atoms with E-state index in [1.807, 2.05) is 19.1 Å². The van der Waals surface area contributed by atoms with Crippen LogP contribution >= 0.6 is 22.9 Å². The normalized spacial score (nSPS) is 14.6. The zero-order valence-corrected chi connectivity index (χ0v) is 19.7. The molecule has 1 amide bonds. The molecule has 1 aromatic heterocycles. The predicted octanol–water partition coefficient (Wildman–Crippen LogP) is 4.63. The van der Waals surface area contributed by atoms with Crippen LogP contribution in [0.15, 0.2) is 47.4 Å². The summed E-state index contributed by atoms with van der Waals surface area (Å²) in [4.78, 5) is 17.8. The Balaban J connectivity index is 1.49. The van der Waals surface area contributed by atoms with Gasteiger partial charge in [-0.05, 0) is 50.1 Å². The maximum atomic E-state index is 14.3. The molecule has 0 bridgehead atoms. The van der Waals surface area contributed by atoms with Crippen molar-refractivity contribution in [2.75, 3.05) is 13.1 Å². The summed E-state index contributed by atoms with van der Waals surface area (Å²) >= 11 is 7.40. The molecular formula is C22H21ClFN3O3S2. The van der Waals surface area contributed by atoms with E-state index in [0.29, 0.717) is 23.1 Å². The zero-order chi connectivity index (χ0) is 22.9. The zero-order valence-electron chi connectivity index (χ0n) is 17.3. The molecule has 0 aliphatic carbocycles. The minimum atomic E-state index is -3.97. The quantitative estimate of drug-likeness (QED) is 0.543. The van der Waals surface area contributed by atoms with Gasteiger partial charge in [-0.15, -0.1) is 11.3 Å². The summed E-state index contributed by atoms with van der Waals surface area (Å²) in [5.41, 5.74) is 1.82. The average molecular weight is 494 g/mol. The van der Waals surface area contributed by atoms with E-state index in [0.717, 1.165) is 41.1 Å². The third kappa shape index (κ3) is 4.71. The van der Waals surface area contributed by atoms with Gasteiger partial charge in [-0.2, -0.15) is 4.31 Å². The SMILES string of the molecule is Cc1sc(CNC(=O)c2ccc(F)c(S(=O)(=O)N3CCCC3)c2)nc1-c1ccc(Cl)cc1. The highest BCUT2D eigenvalue weighted by Crippen LogP contribution is 2.29. The second-order valence-corrected chi connectivity index (χ2v) is 11.1. The Morgan fingerprint density at radius 2 is 1.88 bits per heavy atom. The molecule has 1 aliphatic heterocycles. The molecule has 1 fully saturated rings. The third-order valence-electron chi connectivity index (χ3n) is 5.23. The number of amides is 1. The van der Waals surface area contributed by atoms with Crippen molar-refractivity contribution in [1.29, 1.82) is 0 Å². The fraction of sp³-hybridized carbons (Fsp3) is 0.273. The lowest BCUT2D eigenvalue weighted by atomic mass is 10.1. The van der Waals surface area contributed by atoms with Gasteiger partial charge in [-0.1, -0.05) is 23.7 Å². The van der Waals surface area contributed by atoms with Crippen molar-refractivity contribution < 1.29 is 17.6 Å². The molecule has 32 heavy (non-hydrogen) atoms. The van der Waals surface area contributed by atoms with E-state index in [1.54, 1.807) is 12.1 Å². The third-order valence-corrected chi connectivity index (χ3v) is 8.37. The largest absolute Gasteiger partial charge is 0.346 e.